The van der Waals surface area contributed by atoms with Crippen LogP contribution in [0.4, 0.5) is 0 Å². The monoisotopic (exact) mass is 215 g/mol. The summed E-state index contributed by atoms with van der Waals surface area (Å²) in [6, 6.07) is 0.667. The Labute approximate surface area is 91.1 Å². The predicted octanol–water partition coefficient (Wildman–Crippen LogP) is 1.73. The molecule has 2 aliphatic rings. The Morgan fingerprint density at radius 3 is 2.71 bits per heavy atom. The van der Waals surface area contributed by atoms with Gasteiger partial charge in [-0.15, -0.1) is 0 Å². The molecule has 2 nitrogen and oxygen atoms in total. The number of hydrogen-bond donors (Lipinski definition) is 1. The Hall–Kier alpha value is 0.270. The van der Waals surface area contributed by atoms with E-state index in [0.717, 1.165) is 18.1 Å². The van der Waals surface area contributed by atoms with Gasteiger partial charge in [0.15, 0.2) is 0 Å². The molecule has 1 aliphatic carbocycles. The van der Waals surface area contributed by atoms with Crippen molar-refractivity contribution in [1.29, 1.82) is 0 Å². The van der Waals surface area contributed by atoms with Gasteiger partial charge in [0.1, 0.15) is 0 Å². The summed E-state index contributed by atoms with van der Waals surface area (Å²) in [4.78, 5) is 2.59. The van der Waals surface area contributed by atoms with Crippen molar-refractivity contribution < 1.29 is 5.11 Å². The van der Waals surface area contributed by atoms with Crippen molar-refractivity contribution in [3.05, 3.63) is 0 Å². The molecule has 0 bridgehead atoms. The summed E-state index contributed by atoms with van der Waals surface area (Å²) < 4.78 is 0. The van der Waals surface area contributed by atoms with E-state index < -0.39 is 0 Å². The molecular formula is C11H21NOS. The number of likely N-dealkylation sites (tertiary alicyclic amines) is 1. The normalized spacial score (nSPS) is 44.8. The lowest BCUT2D eigenvalue weighted by molar-refractivity contribution is -0.0809. The van der Waals surface area contributed by atoms with Crippen LogP contribution in [0.25, 0.3) is 0 Å². The lowest BCUT2D eigenvalue weighted by Crippen LogP contribution is -2.56. The lowest BCUT2D eigenvalue weighted by atomic mass is 9.76. The van der Waals surface area contributed by atoms with Gasteiger partial charge in [0.25, 0.3) is 0 Å². The Balaban J connectivity index is 1.81. The van der Waals surface area contributed by atoms with Gasteiger partial charge in [-0.2, -0.15) is 11.8 Å². The maximum Gasteiger partial charge on any atom is 0.0649 e. The molecular weight excluding hydrogens is 194 g/mol. The van der Waals surface area contributed by atoms with Crippen molar-refractivity contribution in [1.82, 2.24) is 4.90 Å². The zero-order valence-corrected chi connectivity index (χ0v) is 10.0. The molecule has 0 aromatic carbocycles. The first-order valence-electron chi connectivity index (χ1n) is 5.60. The van der Waals surface area contributed by atoms with Crippen molar-refractivity contribution in [3.63, 3.8) is 0 Å². The van der Waals surface area contributed by atoms with Crippen LogP contribution in [0.15, 0.2) is 0 Å². The smallest absolute Gasteiger partial charge is 0.0649 e. The van der Waals surface area contributed by atoms with Crippen molar-refractivity contribution in [2.24, 2.45) is 0 Å². The SMILES string of the molecule is CSC1CCCN(C2CC(C)(O)C2)C1. The quantitative estimate of drug-likeness (QED) is 0.759. The highest BCUT2D eigenvalue weighted by atomic mass is 32.2. The standard InChI is InChI=1S/C11H21NOS/c1-11(13)6-9(7-11)12-5-3-4-10(8-12)14-2/h9-10,13H,3-8H2,1-2H3. The summed E-state index contributed by atoms with van der Waals surface area (Å²) in [6.07, 6.45) is 6.89. The van der Waals surface area contributed by atoms with E-state index in [1.165, 1.54) is 25.9 Å². The van der Waals surface area contributed by atoms with Gasteiger partial charge in [-0.3, -0.25) is 4.90 Å². The fourth-order valence-corrected chi connectivity index (χ4v) is 3.45. The van der Waals surface area contributed by atoms with Gasteiger partial charge in [-0.05, 0) is 45.4 Å². The molecule has 1 heterocycles. The maximum atomic E-state index is 9.71. The number of aliphatic hydroxyl groups is 1. The number of piperidine rings is 1. The van der Waals surface area contributed by atoms with E-state index in [1.54, 1.807) is 0 Å². The van der Waals surface area contributed by atoms with Crippen LogP contribution in [0, 0.1) is 0 Å². The number of nitrogens with zero attached hydrogens (tertiary/aromatic N) is 1. The van der Waals surface area contributed by atoms with E-state index >= 15 is 0 Å². The average molecular weight is 215 g/mol. The maximum absolute atomic E-state index is 9.71. The molecule has 0 spiro atoms. The lowest BCUT2D eigenvalue weighted by Gasteiger charge is -2.49. The number of thioether (sulfide) groups is 1. The molecule has 14 heavy (non-hydrogen) atoms. The molecule has 1 saturated heterocycles. The van der Waals surface area contributed by atoms with Gasteiger partial charge < -0.3 is 5.11 Å². The summed E-state index contributed by atoms with van der Waals surface area (Å²) in [5.41, 5.74) is -0.364. The molecule has 0 radical (unpaired) electrons. The molecule has 1 atom stereocenters. The van der Waals surface area contributed by atoms with E-state index in [4.69, 9.17) is 0 Å². The summed E-state index contributed by atoms with van der Waals surface area (Å²) in [5, 5.41) is 10.5. The Morgan fingerprint density at radius 1 is 1.43 bits per heavy atom. The zero-order valence-electron chi connectivity index (χ0n) is 9.20. The molecule has 1 N–H and O–H groups in total. The molecule has 2 fully saturated rings. The van der Waals surface area contributed by atoms with E-state index in [2.05, 4.69) is 11.2 Å². The van der Waals surface area contributed by atoms with Crippen LogP contribution in [0.1, 0.15) is 32.6 Å². The van der Waals surface area contributed by atoms with Crippen molar-refractivity contribution in [2.75, 3.05) is 19.3 Å². The Bertz CT molecular complexity index is 199. The molecule has 0 aromatic heterocycles. The summed E-state index contributed by atoms with van der Waals surface area (Å²) in [7, 11) is 0. The summed E-state index contributed by atoms with van der Waals surface area (Å²) >= 11 is 2.00. The van der Waals surface area contributed by atoms with E-state index in [9.17, 15) is 5.11 Å². The van der Waals surface area contributed by atoms with E-state index in [0.29, 0.717) is 6.04 Å². The fraction of sp³-hybridized carbons (Fsp3) is 1.00. The molecule has 1 unspecified atom stereocenters. The van der Waals surface area contributed by atoms with Crippen LogP contribution < -0.4 is 0 Å². The van der Waals surface area contributed by atoms with Crippen LogP contribution in [0.5, 0.6) is 0 Å². The fourth-order valence-electron chi connectivity index (χ4n) is 2.70. The second kappa shape index (κ2) is 4.03. The highest BCUT2D eigenvalue weighted by Crippen LogP contribution is 2.37. The van der Waals surface area contributed by atoms with Crippen molar-refractivity contribution >= 4 is 11.8 Å². The minimum absolute atomic E-state index is 0.364. The van der Waals surface area contributed by atoms with E-state index in [-0.39, 0.29) is 5.60 Å². The molecule has 0 aromatic rings. The molecule has 1 saturated carbocycles. The minimum Gasteiger partial charge on any atom is -0.390 e. The first-order chi connectivity index (χ1) is 6.61. The summed E-state index contributed by atoms with van der Waals surface area (Å²) in [5.74, 6) is 0. The molecule has 2 rings (SSSR count). The largest absolute Gasteiger partial charge is 0.390 e. The first kappa shape index (κ1) is 10.8. The molecule has 82 valence electrons. The van der Waals surface area contributed by atoms with Crippen molar-refractivity contribution in [3.8, 4) is 0 Å². The first-order valence-corrected chi connectivity index (χ1v) is 6.89. The van der Waals surface area contributed by atoms with Crippen molar-refractivity contribution in [2.45, 2.75) is 49.5 Å². The second-order valence-electron chi connectivity index (χ2n) is 5.05. The highest BCUT2D eigenvalue weighted by molar-refractivity contribution is 7.99. The number of hydrogen-bond acceptors (Lipinski definition) is 3. The van der Waals surface area contributed by atoms with Crippen LogP contribution in [-0.4, -0.2) is 46.2 Å². The topological polar surface area (TPSA) is 23.5 Å². The predicted molar refractivity (Wildman–Crippen MR) is 61.8 cm³/mol. The molecule has 0 amide bonds. The van der Waals surface area contributed by atoms with E-state index in [1.807, 2.05) is 18.7 Å². The van der Waals surface area contributed by atoms with Gasteiger partial charge in [-0.25, -0.2) is 0 Å². The molecule has 1 aliphatic heterocycles. The Morgan fingerprint density at radius 2 is 2.14 bits per heavy atom. The number of rotatable bonds is 2. The van der Waals surface area contributed by atoms with Crippen LogP contribution >= 0.6 is 11.8 Å². The highest BCUT2D eigenvalue weighted by Gasteiger charge is 2.42. The third-order valence-corrected chi connectivity index (χ3v) is 4.66. The third kappa shape index (κ3) is 2.26. The zero-order chi connectivity index (χ0) is 10.2. The van der Waals surface area contributed by atoms with Crippen LogP contribution in [-0.2, 0) is 0 Å². The van der Waals surface area contributed by atoms with Crippen LogP contribution in [0.3, 0.4) is 0 Å². The van der Waals surface area contributed by atoms with Gasteiger partial charge in [-0.1, -0.05) is 0 Å². The second-order valence-corrected chi connectivity index (χ2v) is 6.19. The molecule has 3 heteroatoms. The van der Waals surface area contributed by atoms with Gasteiger partial charge in [0.05, 0.1) is 5.60 Å². The van der Waals surface area contributed by atoms with Crippen LogP contribution in [0.2, 0.25) is 0 Å². The Kier molecular flexibility index (Phi) is 3.10. The average Bonchev–Trinajstić information content (AvgIpc) is 2.14. The summed E-state index contributed by atoms with van der Waals surface area (Å²) in [6.45, 7) is 4.44. The van der Waals surface area contributed by atoms with Gasteiger partial charge >= 0.3 is 0 Å². The van der Waals surface area contributed by atoms with Gasteiger partial charge in [0.2, 0.25) is 0 Å². The van der Waals surface area contributed by atoms with Gasteiger partial charge in [0, 0.05) is 17.8 Å². The third-order valence-electron chi connectivity index (χ3n) is 3.61. The minimum atomic E-state index is -0.364.